The van der Waals surface area contributed by atoms with E-state index in [1.807, 2.05) is 6.07 Å². The number of ether oxygens (including phenoxy) is 2. The van der Waals surface area contributed by atoms with Crippen molar-refractivity contribution in [3.63, 3.8) is 0 Å². The van der Waals surface area contributed by atoms with Gasteiger partial charge in [-0.3, -0.25) is 0 Å². The minimum absolute atomic E-state index is 0.205. The van der Waals surface area contributed by atoms with Crippen molar-refractivity contribution >= 4 is 15.9 Å². The number of benzene rings is 1. The van der Waals surface area contributed by atoms with Crippen LogP contribution in [0.15, 0.2) is 22.7 Å². The molecular weight excluding hydrogens is 294 g/mol. The zero-order valence-electron chi connectivity index (χ0n) is 10.9. The van der Waals surface area contributed by atoms with E-state index in [9.17, 15) is 0 Å². The van der Waals surface area contributed by atoms with Crippen LogP contribution in [0, 0.1) is 0 Å². The van der Waals surface area contributed by atoms with Crippen LogP contribution in [0.3, 0.4) is 0 Å². The molecule has 1 saturated heterocycles. The third-order valence-corrected chi connectivity index (χ3v) is 3.54. The molecule has 2 rings (SSSR count). The van der Waals surface area contributed by atoms with Gasteiger partial charge in [-0.15, -0.1) is 0 Å². The predicted molar refractivity (Wildman–Crippen MR) is 76.1 cm³/mol. The lowest BCUT2D eigenvalue weighted by atomic mass is 10.1. The summed E-state index contributed by atoms with van der Waals surface area (Å²) >= 11 is 3.50. The molecule has 1 fully saturated rings. The second-order valence-corrected chi connectivity index (χ2v) is 5.55. The molecule has 0 saturated carbocycles. The average molecular weight is 314 g/mol. The van der Waals surface area contributed by atoms with Gasteiger partial charge in [-0.25, -0.2) is 0 Å². The Hall–Kier alpha value is -0.580. The summed E-state index contributed by atoms with van der Waals surface area (Å²) in [5.74, 6) is 0.953. The first-order chi connectivity index (χ1) is 8.70. The molecule has 1 aliphatic heterocycles. The third kappa shape index (κ3) is 3.46. The van der Waals surface area contributed by atoms with Crippen molar-refractivity contribution in [3.8, 4) is 5.75 Å². The van der Waals surface area contributed by atoms with Crippen LogP contribution in [0.5, 0.6) is 5.75 Å². The molecule has 3 nitrogen and oxygen atoms in total. The highest BCUT2D eigenvalue weighted by Crippen LogP contribution is 2.30. The maximum Gasteiger partial charge on any atom is 0.145 e. The van der Waals surface area contributed by atoms with Crippen molar-refractivity contribution in [2.45, 2.75) is 32.4 Å². The van der Waals surface area contributed by atoms with Crippen molar-refractivity contribution in [1.82, 2.24) is 5.32 Å². The molecule has 1 N–H and O–H groups in total. The second-order valence-electron chi connectivity index (χ2n) is 4.64. The van der Waals surface area contributed by atoms with Crippen LogP contribution < -0.4 is 10.1 Å². The van der Waals surface area contributed by atoms with Crippen molar-refractivity contribution in [2.75, 3.05) is 19.8 Å². The van der Waals surface area contributed by atoms with Gasteiger partial charge in [0.2, 0.25) is 0 Å². The monoisotopic (exact) mass is 313 g/mol. The highest BCUT2D eigenvalue weighted by molar-refractivity contribution is 9.10. The summed E-state index contributed by atoms with van der Waals surface area (Å²) in [6, 6.07) is 6.52. The maximum atomic E-state index is 5.97. The van der Waals surface area contributed by atoms with E-state index >= 15 is 0 Å². The number of halogens is 1. The molecule has 1 aromatic rings. The molecule has 0 bridgehead atoms. The van der Waals surface area contributed by atoms with Gasteiger partial charge in [0, 0.05) is 16.1 Å². The van der Waals surface area contributed by atoms with Gasteiger partial charge in [0.05, 0.1) is 13.2 Å². The average Bonchev–Trinajstić information content (AvgIpc) is 2.31. The minimum atomic E-state index is 0.205. The van der Waals surface area contributed by atoms with Crippen LogP contribution in [0.4, 0.5) is 0 Å². The molecule has 1 unspecified atom stereocenters. The first-order valence-corrected chi connectivity index (χ1v) is 7.27. The summed E-state index contributed by atoms with van der Waals surface area (Å²) in [5, 5.41) is 3.49. The molecule has 0 aliphatic carbocycles. The fourth-order valence-electron chi connectivity index (χ4n) is 1.90. The Morgan fingerprint density at radius 2 is 2.28 bits per heavy atom. The Balaban J connectivity index is 2.10. The molecule has 1 atom stereocenters. The second kappa shape index (κ2) is 6.55. The van der Waals surface area contributed by atoms with Crippen LogP contribution in [0.25, 0.3) is 0 Å². The molecule has 0 aromatic heterocycles. The van der Waals surface area contributed by atoms with Crippen LogP contribution in [0.1, 0.15) is 31.9 Å². The zero-order chi connectivity index (χ0) is 13.0. The van der Waals surface area contributed by atoms with E-state index in [2.05, 4.69) is 47.2 Å². The van der Waals surface area contributed by atoms with E-state index in [4.69, 9.17) is 9.47 Å². The lowest BCUT2D eigenvalue weighted by Crippen LogP contribution is -2.39. The van der Waals surface area contributed by atoms with Gasteiger partial charge in [-0.05, 0) is 32.0 Å². The highest BCUT2D eigenvalue weighted by Gasteiger charge is 2.22. The molecule has 1 aliphatic rings. The first kappa shape index (κ1) is 13.8. The van der Waals surface area contributed by atoms with Crippen LogP contribution in [-0.4, -0.2) is 25.9 Å². The Kier molecular flexibility index (Phi) is 5.03. The molecular formula is C14H20BrNO2. The van der Waals surface area contributed by atoms with E-state index in [1.54, 1.807) is 0 Å². The summed E-state index contributed by atoms with van der Waals surface area (Å²) in [6.07, 6.45) is 1.34. The van der Waals surface area contributed by atoms with Crippen molar-refractivity contribution in [1.29, 1.82) is 0 Å². The quantitative estimate of drug-likeness (QED) is 0.874. The minimum Gasteiger partial charge on any atom is -0.485 e. The molecule has 0 amide bonds. The van der Waals surface area contributed by atoms with Gasteiger partial charge in [0.1, 0.15) is 11.9 Å². The number of rotatable bonds is 6. The van der Waals surface area contributed by atoms with E-state index in [1.165, 1.54) is 5.56 Å². The molecule has 100 valence electrons. The molecule has 0 radical (unpaired) electrons. The van der Waals surface area contributed by atoms with E-state index in [0.29, 0.717) is 19.3 Å². The molecule has 18 heavy (non-hydrogen) atoms. The summed E-state index contributed by atoms with van der Waals surface area (Å²) < 4.78 is 12.2. The summed E-state index contributed by atoms with van der Waals surface area (Å²) in [7, 11) is 0. The fraction of sp³-hybridized carbons (Fsp3) is 0.571. The Bertz CT molecular complexity index is 393. The van der Waals surface area contributed by atoms with Gasteiger partial charge in [-0.1, -0.05) is 28.9 Å². The molecule has 1 aromatic carbocycles. The highest BCUT2D eigenvalue weighted by atomic mass is 79.9. The van der Waals surface area contributed by atoms with Gasteiger partial charge in [-0.2, -0.15) is 0 Å². The number of hydrogen-bond donors (Lipinski definition) is 1. The van der Waals surface area contributed by atoms with Crippen molar-refractivity contribution in [2.24, 2.45) is 0 Å². The SMILES string of the molecule is CCCNC(C)c1ccc(Br)cc1OC1COC1. The largest absolute Gasteiger partial charge is 0.485 e. The van der Waals surface area contributed by atoms with Crippen LogP contribution in [0.2, 0.25) is 0 Å². The Labute approximate surface area is 117 Å². The normalized spacial score (nSPS) is 17.3. The molecule has 4 heteroatoms. The summed E-state index contributed by atoms with van der Waals surface area (Å²) in [6.45, 7) is 6.75. The van der Waals surface area contributed by atoms with Crippen molar-refractivity contribution in [3.05, 3.63) is 28.2 Å². The summed E-state index contributed by atoms with van der Waals surface area (Å²) in [5.41, 5.74) is 1.21. The van der Waals surface area contributed by atoms with Gasteiger partial charge >= 0.3 is 0 Å². The standard InChI is InChI=1S/C14H20BrNO2/c1-3-6-16-10(2)13-5-4-11(15)7-14(13)18-12-8-17-9-12/h4-5,7,10,12,16H,3,6,8-9H2,1-2H3. The van der Waals surface area contributed by atoms with Gasteiger partial charge in [0.25, 0.3) is 0 Å². The van der Waals surface area contributed by atoms with Gasteiger partial charge < -0.3 is 14.8 Å². The molecule has 1 heterocycles. The fourth-order valence-corrected chi connectivity index (χ4v) is 2.24. The topological polar surface area (TPSA) is 30.5 Å². The van der Waals surface area contributed by atoms with Crippen LogP contribution >= 0.6 is 15.9 Å². The van der Waals surface area contributed by atoms with Crippen LogP contribution in [-0.2, 0) is 4.74 Å². The van der Waals surface area contributed by atoms with E-state index in [0.717, 1.165) is 23.2 Å². The first-order valence-electron chi connectivity index (χ1n) is 6.48. The molecule has 0 spiro atoms. The van der Waals surface area contributed by atoms with Crippen molar-refractivity contribution < 1.29 is 9.47 Å². The number of hydrogen-bond acceptors (Lipinski definition) is 3. The third-order valence-electron chi connectivity index (χ3n) is 3.04. The zero-order valence-corrected chi connectivity index (χ0v) is 12.5. The van der Waals surface area contributed by atoms with Gasteiger partial charge in [0.15, 0.2) is 0 Å². The predicted octanol–water partition coefficient (Wildman–Crippen LogP) is 3.29. The lowest BCUT2D eigenvalue weighted by molar-refractivity contribution is -0.0801. The summed E-state index contributed by atoms with van der Waals surface area (Å²) in [4.78, 5) is 0. The Morgan fingerprint density at radius 3 is 2.89 bits per heavy atom. The smallest absolute Gasteiger partial charge is 0.145 e. The Morgan fingerprint density at radius 1 is 1.50 bits per heavy atom. The lowest BCUT2D eigenvalue weighted by Gasteiger charge is -2.29. The van der Waals surface area contributed by atoms with E-state index in [-0.39, 0.29) is 6.10 Å². The van der Waals surface area contributed by atoms with E-state index < -0.39 is 0 Å². The maximum absolute atomic E-state index is 5.97. The number of nitrogens with one attached hydrogen (secondary N) is 1.